The van der Waals surface area contributed by atoms with Crippen molar-refractivity contribution < 1.29 is 29.4 Å². The molecule has 0 aromatic heterocycles. The number of nitrogens with one attached hydrogen (secondary N) is 2. The largest absolute Gasteiger partial charge is 0.480 e. The number of carbonyl (C=O) groups excluding carboxylic acids is 2. The molecule has 4 aliphatic rings. The number of allylic oxidation sites excluding steroid dienone is 2. The second-order valence-corrected chi connectivity index (χ2v) is 14.7. The van der Waals surface area contributed by atoms with Crippen molar-refractivity contribution >= 4 is 23.5 Å². The van der Waals surface area contributed by atoms with Gasteiger partial charge in [0, 0.05) is 5.41 Å². The Balaban J connectivity index is 1.35. The van der Waals surface area contributed by atoms with E-state index in [2.05, 4.69) is 41.6 Å². The highest BCUT2D eigenvalue weighted by atomic mass is 16.6. The Morgan fingerprint density at radius 2 is 1.77 bits per heavy atom. The van der Waals surface area contributed by atoms with E-state index in [1.54, 1.807) is 13.8 Å². The molecule has 0 saturated heterocycles. The smallest absolute Gasteiger partial charge is 0.326 e. The monoisotopic (exact) mass is 597 g/mol. The van der Waals surface area contributed by atoms with Crippen LogP contribution in [0, 0.1) is 52.8 Å². The maximum absolute atomic E-state index is 12.8. The first-order chi connectivity index (χ1) is 20.1. The van der Waals surface area contributed by atoms with Crippen LogP contribution >= 0.6 is 0 Å². The molecule has 0 radical (unpaired) electrons. The third-order valence-corrected chi connectivity index (χ3v) is 11.3. The third-order valence-electron chi connectivity index (χ3n) is 11.3. The summed E-state index contributed by atoms with van der Waals surface area (Å²) in [5.41, 5.74) is 1.09. The highest BCUT2D eigenvalue weighted by Crippen LogP contribution is 2.67. The predicted molar refractivity (Wildman–Crippen MR) is 165 cm³/mol. The van der Waals surface area contributed by atoms with Crippen LogP contribution in [-0.4, -0.2) is 58.0 Å². The van der Waals surface area contributed by atoms with Crippen molar-refractivity contribution in [2.45, 2.75) is 117 Å². The number of rotatable bonds is 10. The predicted octanol–water partition coefficient (Wildman–Crippen LogP) is 4.44. The van der Waals surface area contributed by atoms with E-state index < -0.39 is 35.5 Å². The molecule has 0 unspecified atom stereocenters. The van der Waals surface area contributed by atoms with Gasteiger partial charge < -0.3 is 25.7 Å². The lowest BCUT2D eigenvalue weighted by atomic mass is 9.46. The number of carboxylic acid groups (broad SMARTS) is 1. The van der Waals surface area contributed by atoms with Gasteiger partial charge in [-0.1, -0.05) is 58.2 Å². The summed E-state index contributed by atoms with van der Waals surface area (Å²) in [5, 5.41) is 30.2. The number of fused-ring (bicyclic) bond motifs is 5. The van der Waals surface area contributed by atoms with Crippen molar-refractivity contribution in [1.29, 1.82) is 0 Å². The fourth-order valence-corrected chi connectivity index (χ4v) is 8.77. The highest BCUT2D eigenvalue weighted by molar-refractivity contribution is 5.96. The van der Waals surface area contributed by atoms with Gasteiger partial charge in [-0.15, -0.1) is 6.42 Å². The van der Waals surface area contributed by atoms with E-state index in [1.165, 1.54) is 5.57 Å². The maximum Gasteiger partial charge on any atom is 0.326 e. The number of terminal acetylenes is 1. The minimum atomic E-state index is -1.10. The zero-order chi connectivity index (χ0) is 31.7. The number of nitrogens with zero attached hydrogens (tertiary/aromatic N) is 1. The van der Waals surface area contributed by atoms with Gasteiger partial charge in [-0.2, -0.15) is 0 Å². The minimum absolute atomic E-state index is 0.0821. The van der Waals surface area contributed by atoms with E-state index in [9.17, 15) is 24.6 Å². The van der Waals surface area contributed by atoms with Crippen LogP contribution in [-0.2, 0) is 19.2 Å². The summed E-state index contributed by atoms with van der Waals surface area (Å²) in [6, 6.07) is -1.91. The summed E-state index contributed by atoms with van der Waals surface area (Å²) in [6.07, 6.45) is 15.8. The number of aliphatic hydroxyl groups is 1. The second kappa shape index (κ2) is 12.6. The van der Waals surface area contributed by atoms with Crippen LogP contribution in [0.2, 0.25) is 0 Å². The number of carboxylic acids is 1. The third kappa shape index (κ3) is 6.36. The normalized spacial score (nSPS) is 35.6. The van der Waals surface area contributed by atoms with Crippen LogP contribution in [0.3, 0.4) is 0 Å². The summed E-state index contributed by atoms with van der Waals surface area (Å²) in [4.78, 5) is 42.6. The molecule has 4 aliphatic carbocycles. The van der Waals surface area contributed by atoms with Crippen LogP contribution < -0.4 is 10.6 Å². The van der Waals surface area contributed by atoms with Crippen molar-refractivity contribution in [3.05, 3.63) is 11.6 Å². The average Bonchev–Trinajstić information content (AvgIpc) is 3.21. The molecule has 4 N–H and O–H groups in total. The van der Waals surface area contributed by atoms with Crippen molar-refractivity contribution in [2.24, 2.45) is 45.6 Å². The minimum Gasteiger partial charge on any atom is -0.480 e. The first kappa shape index (κ1) is 33.0. The molecule has 0 aromatic carbocycles. The summed E-state index contributed by atoms with van der Waals surface area (Å²) >= 11 is 0. The molecule has 0 bridgehead atoms. The van der Waals surface area contributed by atoms with Gasteiger partial charge in [0.25, 0.3) is 5.91 Å². The zero-order valence-electron chi connectivity index (χ0n) is 26.7. The summed E-state index contributed by atoms with van der Waals surface area (Å²) in [5.74, 6) is 2.04. The Labute approximate surface area is 256 Å². The van der Waals surface area contributed by atoms with Crippen molar-refractivity contribution in [3.63, 3.8) is 0 Å². The van der Waals surface area contributed by atoms with Gasteiger partial charge in [-0.05, 0) is 98.9 Å². The van der Waals surface area contributed by atoms with Gasteiger partial charge >= 0.3 is 5.97 Å². The Morgan fingerprint density at radius 3 is 2.40 bits per heavy atom. The molecule has 3 saturated carbocycles. The van der Waals surface area contributed by atoms with Crippen molar-refractivity contribution in [1.82, 2.24) is 10.6 Å². The number of carbonyl (C=O) groups is 3. The number of amides is 2. The van der Waals surface area contributed by atoms with Crippen LogP contribution in [0.25, 0.3) is 0 Å². The van der Waals surface area contributed by atoms with Gasteiger partial charge in [0.05, 0.1) is 5.71 Å². The maximum atomic E-state index is 12.8. The molecule has 238 valence electrons. The van der Waals surface area contributed by atoms with Gasteiger partial charge in [0.2, 0.25) is 5.91 Å². The Kier molecular flexibility index (Phi) is 9.71. The molecule has 0 heterocycles. The van der Waals surface area contributed by atoms with E-state index in [-0.39, 0.29) is 29.3 Å². The molecule has 9 nitrogen and oxygen atoms in total. The Bertz CT molecular complexity index is 1200. The summed E-state index contributed by atoms with van der Waals surface area (Å²) in [7, 11) is 0. The quantitative estimate of drug-likeness (QED) is 0.217. The van der Waals surface area contributed by atoms with E-state index >= 15 is 0 Å². The van der Waals surface area contributed by atoms with Crippen LogP contribution in [0.5, 0.6) is 0 Å². The van der Waals surface area contributed by atoms with E-state index in [4.69, 9.17) is 11.3 Å². The van der Waals surface area contributed by atoms with Crippen molar-refractivity contribution in [2.75, 3.05) is 6.61 Å². The molecule has 0 aliphatic heterocycles. The molecule has 2 amide bonds. The fraction of sp³-hybridized carbons (Fsp3) is 0.765. The lowest BCUT2D eigenvalue weighted by Gasteiger charge is -2.58. The van der Waals surface area contributed by atoms with Gasteiger partial charge in [0.1, 0.15) is 17.7 Å². The molecule has 0 aromatic rings. The zero-order valence-corrected chi connectivity index (χ0v) is 26.7. The summed E-state index contributed by atoms with van der Waals surface area (Å²) in [6.45, 7) is 11.6. The lowest BCUT2D eigenvalue weighted by Crippen LogP contribution is -2.54. The van der Waals surface area contributed by atoms with Gasteiger partial charge in [0.15, 0.2) is 6.61 Å². The SMILES string of the molecule is C#C[C@@]1(O)CC[C@H]2[C@@H]3CCC4=C/C(=N\OCC(=O)N[C@@H](C(=O)N[C@@H](CC(C)C)C(=O)O)C(C)C)CC[C@]4(C)[C@H]3CC[C@@]21C. The second-order valence-electron chi connectivity index (χ2n) is 14.7. The van der Waals surface area contributed by atoms with Crippen molar-refractivity contribution in [3.8, 4) is 12.3 Å². The molecule has 8 atom stereocenters. The first-order valence-electron chi connectivity index (χ1n) is 16.1. The van der Waals surface area contributed by atoms with Crippen LogP contribution in [0.15, 0.2) is 16.8 Å². The lowest BCUT2D eigenvalue weighted by molar-refractivity contribution is -0.143. The highest BCUT2D eigenvalue weighted by Gasteiger charge is 2.63. The standard InChI is InChI=1S/C34H51N3O6/c1-8-34(42)16-13-26-24-10-9-22-18-23(11-14-32(22,6)25(24)12-15-33(26,34)7)37-43-19-28(38)36-29(21(4)5)30(39)35-27(31(40)41)17-20(2)3/h1,18,20-21,24-27,29,42H,9-17,19H2,2-7H3,(H,35,39)(H,36,38)(H,40,41)/b37-23-/t24-,25+,26+,27+,29-,32+,33+,34-/m1/s1. The number of oxime groups is 1. The molecule has 4 rings (SSSR count). The topological polar surface area (TPSA) is 137 Å². The van der Waals surface area contributed by atoms with E-state index in [1.807, 2.05) is 13.8 Å². The van der Waals surface area contributed by atoms with Crippen LogP contribution in [0.1, 0.15) is 99.3 Å². The molecule has 0 spiro atoms. The van der Waals surface area contributed by atoms with Gasteiger partial charge in [-0.25, -0.2) is 4.79 Å². The number of hydrogen-bond acceptors (Lipinski definition) is 6. The molecule has 43 heavy (non-hydrogen) atoms. The number of hydrogen-bond donors (Lipinski definition) is 4. The molecule has 3 fully saturated rings. The van der Waals surface area contributed by atoms with E-state index in [0.717, 1.165) is 50.7 Å². The molecular formula is C34H51N3O6. The molecule has 9 heteroatoms. The number of aliphatic carboxylic acids is 1. The Hall–Kier alpha value is -2.86. The average molecular weight is 598 g/mol. The summed E-state index contributed by atoms with van der Waals surface area (Å²) < 4.78 is 0. The first-order valence-corrected chi connectivity index (χ1v) is 16.1. The fourth-order valence-electron chi connectivity index (χ4n) is 8.77. The van der Waals surface area contributed by atoms with E-state index in [0.29, 0.717) is 30.6 Å². The van der Waals surface area contributed by atoms with Gasteiger partial charge in [-0.3, -0.25) is 9.59 Å². The molecular weight excluding hydrogens is 546 g/mol. The van der Waals surface area contributed by atoms with Crippen LogP contribution in [0.4, 0.5) is 0 Å². The Morgan fingerprint density at radius 1 is 1.07 bits per heavy atom.